The van der Waals surface area contributed by atoms with E-state index in [0.29, 0.717) is 0 Å². The molecule has 21 heavy (non-hydrogen) atoms. The van der Waals surface area contributed by atoms with Crippen LogP contribution in [0.15, 0.2) is 80.6 Å². The smallest absolute Gasteiger partial charge is 0.155 e. The van der Waals surface area contributed by atoms with Crippen LogP contribution >= 0.6 is 23.1 Å². The number of nitrogens with zero attached hydrogens (tertiary/aromatic N) is 1. The summed E-state index contributed by atoms with van der Waals surface area (Å²) in [5, 5.41) is 0. The van der Waals surface area contributed by atoms with Crippen LogP contribution in [0, 0.1) is 0 Å². The number of para-hydroxylation sites is 1. The number of fused-ring (bicyclic) bond motifs is 1. The number of thiazole rings is 1. The van der Waals surface area contributed by atoms with Gasteiger partial charge in [-0.05, 0) is 36.4 Å². The zero-order valence-corrected chi connectivity index (χ0v) is 12.7. The zero-order chi connectivity index (χ0) is 14.1. The second kappa shape index (κ2) is 5.39. The number of hydrogen-bond donors (Lipinski definition) is 0. The van der Waals surface area contributed by atoms with Gasteiger partial charge in [-0.25, -0.2) is 4.98 Å². The maximum atomic E-state index is 5.40. The number of benzene rings is 2. The average molecular weight is 309 g/mol. The van der Waals surface area contributed by atoms with Crippen molar-refractivity contribution in [2.24, 2.45) is 0 Å². The summed E-state index contributed by atoms with van der Waals surface area (Å²) in [5.74, 6) is 0.895. The Morgan fingerprint density at radius 3 is 2.52 bits per heavy atom. The predicted molar refractivity (Wildman–Crippen MR) is 87.9 cm³/mol. The first-order chi connectivity index (χ1) is 10.4. The molecule has 0 aliphatic carbocycles. The summed E-state index contributed by atoms with van der Waals surface area (Å²) >= 11 is 3.42. The molecule has 0 radical (unpaired) electrons. The van der Waals surface area contributed by atoms with Gasteiger partial charge < -0.3 is 4.42 Å². The van der Waals surface area contributed by atoms with Gasteiger partial charge in [-0.15, -0.1) is 11.3 Å². The molecule has 0 amide bonds. The summed E-state index contributed by atoms with van der Waals surface area (Å²) in [6.07, 6.45) is 1.69. The van der Waals surface area contributed by atoms with Gasteiger partial charge in [0.1, 0.15) is 5.76 Å². The molecule has 0 atom stereocenters. The Morgan fingerprint density at radius 1 is 0.905 bits per heavy atom. The highest BCUT2D eigenvalue weighted by molar-refractivity contribution is 8.01. The van der Waals surface area contributed by atoms with Gasteiger partial charge in [0, 0.05) is 10.5 Å². The molecule has 0 aliphatic rings. The molecule has 0 saturated carbocycles. The SMILES string of the molecule is c1coc(-c2ccc(Sc3nc4ccccc4s3)cc2)c1. The average Bonchev–Trinajstić information content (AvgIpc) is 3.17. The van der Waals surface area contributed by atoms with Gasteiger partial charge in [-0.3, -0.25) is 0 Å². The highest BCUT2D eigenvalue weighted by Crippen LogP contribution is 2.35. The van der Waals surface area contributed by atoms with Gasteiger partial charge in [-0.1, -0.05) is 36.0 Å². The molecule has 2 heterocycles. The van der Waals surface area contributed by atoms with Crippen LogP contribution in [0.5, 0.6) is 0 Å². The molecule has 0 spiro atoms. The minimum absolute atomic E-state index is 0.895. The van der Waals surface area contributed by atoms with Gasteiger partial charge in [0.2, 0.25) is 0 Å². The van der Waals surface area contributed by atoms with E-state index in [1.165, 1.54) is 9.60 Å². The van der Waals surface area contributed by atoms with E-state index in [4.69, 9.17) is 4.42 Å². The lowest BCUT2D eigenvalue weighted by atomic mass is 10.2. The van der Waals surface area contributed by atoms with Crippen LogP contribution in [0.3, 0.4) is 0 Å². The van der Waals surface area contributed by atoms with E-state index >= 15 is 0 Å². The van der Waals surface area contributed by atoms with E-state index < -0.39 is 0 Å². The summed E-state index contributed by atoms with van der Waals surface area (Å²) in [6.45, 7) is 0. The third-order valence-corrected chi connectivity index (χ3v) is 5.24. The lowest BCUT2D eigenvalue weighted by Crippen LogP contribution is -1.75. The third kappa shape index (κ3) is 2.60. The molecule has 4 heteroatoms. The number of rotatable bonds is 3. The van der Waals surface area contributed by atoms with Gasteiger partial charge in [-0.2, -0.15) is 0 Å². The molecule has 4 aromatic rings. The van der Waals surface area contributed by atoms with Gasteiger partial charge in [0.15, 0.2) is 4.34 Å². The second-order valence-corrected chi connectivity index (χ2v) is 6.90. The van der Waals surface area contributed by atoms with E-state index in [1.54, 1.807) is 29.4 Å². The Morgan fingerprint density at radius 2 is 1.76 bits per heavy atom. The highest BCUT2D eigenvalue weighted by atomic mass is 32.2. The van der Waals surface area contributed by atoms with E-state index in [1.807, 2.05) is 24.3 Å². The summed E-state index contributed by atoms with van der Waals surface area (Å²) in [7, 11) is 0. The lowest BCUT2D eigenvalue weighted by molar-refractivity contribution is 0.582. The highest BCUT2D eigenvalue weighted by Gasteiger charge is 2.06. The molecule has 0 aliphatic heterocycles. The van der Waals surface area contributed by atoms with E-state index in [-0.39, 0.29) is 0 Å². The fraction of sp³-hybridized carbons (Fsp3) is 0. The van der Waals surface area contributed by atoms with Crippen LogP contribution in [-0.2, 0) is 0 Å². The predicted octanol–water partition coefficient (Wildman–Crippen LogP) is 5.71. The maximum Gasteiger partial charge on any atom is 0.155 e. The minimum atomic E-state index is 0.895. The van der Waals surface area contributed by atoms with Crippen molar-refractivity contribution in [2.75, 3.05) is 0 Å². The van der Waals surface area contributed by atoms with Crippen LogP contribution in [0.25, 0.3) is 21.5 Å². The van der Waals surface area contributed by atoms with Crippen molar-refractivity contribution in [3.63, 3.8) is 0 Å². The first kappa shape index (κ1) is 12.7. The molecule has 2 aromatic carbocycles. The Labute approximate surface area is 130 Å². The fourth-order valence-electron chi connectivity index (χ4n) is 2.13. The number of aromatic nitrogens is 1. The normalized spacial score (nSPS) is 11.0. The topological polar surface area (TPSA) is 26.0 Å². The Balaban J connectivity index is 1.59. The monoisotopic (exact) mass is 309 g/mol. The van der Waals surface area contributed by atoms with Crippen LogP contribution < -0.4 is 0 Å². The molecular weight excluding hydrogens is 298 g/mol. The summed E-state index contributed by atoms with van der Waals surface area (Å²) in [4.78, 5) is 5.83. The van der Waals surface area contributed by atoms with E-state index in [2.05, 4.69) is 41.4 Å². The molecule has 102 valence electrons. The molecule has 4 rings (SSSR count). The molecule has 0 saturated heterocycles. The second-order valence-electron chi connectivity index (χ2n) is 4.55. The largest absolute Gasteiger partial charge is 0.464 e. The minimum Gasteiger partial charge on any atom is -0.464 e. The Kier molecular flexibility index (Phi) is 3.25. The first-order valence-electron chi connectivity index (χ1n) is 6.56. The molecule has 0 unspecified atom stereocenters. The van der Waals surface area contributed by atoms with Crippen molar-refractivity contribution >= 4 is 33.3 Å². The Hall–Kier alpha value is -2.04. The van der Waals surface area contributed by atoms with Crippen molar-refractivity contribution in [2.45, 2.75) is 9.24 Å². The van der Waals surface area contributed by atoms with Crippen LogP contribution in [0.4, 0.5) is 0 Å². The summed E-state index contributed by atoms with van der Waals surface area (Å²) in [5.41, 5.74) is 2.16. The summed E-state index contributed by atoms with van der Waals surface area (Å²) in [6, 6.07) is 20.5. The zero-order valence-electron chi connectivity index (χ0n) is 11.0. The lowest BCUT2D eigenvalue weighted by Gasteiger charge is -2.00. The fourth-order valence-corrected chi connectivity index (χ4v) is 4.17. The van der Waals surface area contributed by atoms with Gasteiger partial charge in [0.25, 0.3) is 0 Å². The quantitative estimate of drug-likeness (QED) is 0.485. The maximum absolute atomic E-state index is 5.40. The van der Waals surface area contributed by atoms with Gasteiger partial charge in [0.05, 0.1) is 16.5 Å². The molecule has 2 nitrogen and oxygen atoms in total. The Bertz CT molecular complexity index is 830. The van der Waals surface area contributed by atoms with Crippen molar-refractivity contribution in [3.8, 4) is 11.3 Å². The van der Waals surface area contributed by atoms with Gasteiger partial charge >= 0.3 is 0 Å². The van der Waals surface area contributed by atoms with Crippen molar-refractivity contribution < 1.29 is 4.42 Å². The van der Waals surface area contributed by atoms with Crippen molar-refractivity contribution in [1.82, 2.24) is 4.98 Å². The summed E-state index contributed by atoms with van der Waals surface area (Å²) < 4.78 is 7.70. The molecule has 0 fully saturated rings. The first-order valence-corrected chi connectivity index (χ1v) is 8.19. The van der Waals surface area contributed by atoms with Crippen molar-refractivity contribution in [3.05, 3.63) is 66.9 Å². The standard InChI is InChI=1S/C17H11NOS2/c1-2-6-16-14(4-1)18-17(21-16)20-13-9-7-12(8-10-13)15-5-3-11-19-15/h1-11H. The van der Waals surface area contributed by atoms with Crippen LogP contribution in [-0.4, -0.2) is 4.98 Å². The molecule has 0 N–H and O–H groups in total. The van der Waals surface area contributed by atoms with Crippen molar-refractivity contribution in [1.29, 1.82) is 0 Å². The molecule has 0 bridgehead atoms. The van der Waals surface area contributed by atoms with E-state index in [0.717, 1.165) is 21.2 Å². The van der Waals surface area contributed by atoms with Crippen LogP contribution in [0.1, 0.15) is 0 Å². The van der Waals surface area contributed by atoms with Crippen LogP contribution in [0.2, 0.25) is 0 Å². The number of hydrogen-bond acceptors (Lipinski definition) is 4. The third-order valence-electron chi connectivity index (χ3n) is 3.14. The number of furan rings is 1. The van der Waals surface area contributed by atoms with E-state index in [9.17, 15) is 0 Å². The molecule has 2 aromatic heterocycles. The molecular formula is C17H11NOS2.